The Kier molecular flexibility index (Phi) is 7.43. The van der Waals surface area contributed by atoms with Crippen LogP contribution in [0.1, 0.15) is 50.3 Å². The smallest absolute Gasteiger partial charge is 0.223 e. The van der Waals surface area contributed by atoms with Gasteiger partial charge in [0.1, 0.15) is 0 Å². The Labute approximate surface area is 211 Å². The zero-order chi connectivity index (χ0) is 26.1. The number of oxime groups is 1. The van der Waals surface area contributed by atoms with Gasteiger partial charge in [-0.3, -0.25) is 18.7 Å². The lowest BCUT2D eigenvalue weighted by Crippen LogP contribution is -2.40. The van der Waals surface area contributed by atoms with Gasteiger partial charge in [-0.2, -0.15) is 15.7 Å². The summed E-state index contributed by atoms with van der Waals surface area (Å²) in [4.78, 5) is 35.1. The van der Waals surface area contributed by atoms with Gasteiger partial charge in [-0.25, -0.2) is 9.67 Å². The molecule has 36 heavy (non-hydrogen) atoms. The van der Waals surface area contributed by atoms with Crippen molar-refractivity contribution in [1.29, 1.82) is 0 Å². The number of hydrogen-bond donors (Lipinski definition) is 5. The summed E-state index contributed by atoms with van der Waals surface area (Å²) in [5.74, 6) is 0.215. The molecule has 0 radical (unpaired) electrons. The van der Waals surface area contributed by atoms with E-state index >= 15 is 0 Å². The van der Waals surface area contributed by atoms with Crippen LogP contribution in [0.15, 0.2) is 11.4 Å². The highest BCUT2D eigenvalue weighted by Crippen LogP contribution is 2.45. The van der Waals surface area contributed by atoms with Crippen molar-refractivity contribution in [3.05, 3.63) is 17.5 Å². The molecule has 1 saturated heterocycles. The number of carbonyl (C=O) groups is 2. The van der Waals surface area contributed by atoms with Crippen LogP contribution < -0.4 is 16.0 Å². The zero-order valence-electron chi connectivity index (χ0n) is 21.1. The van der Waals surface area contributed by atoms with E-state index in [1.54, 1.807) is 20.3 Å². The molecule has 0 bridgehead atoms. The van der Waals surface area contributed by atoms with E-state index < -0.39 is 16.2 Å². The van der Waals surface area contributed by atoms with Crippen molar-refractivity contribution in [2.45, 2.75) is 64.1 Å². The fraction of sp³-hybridized carbons (Fsp3) is 0.609. The molecular weight excluding hydrogens is 486 g/mol. The molecule has 0 spiro atoms. The van der Waals surface area contributed by atoms with E-state index in [9.17, 15) is 18.7 Å². The molecule has 4 rings (SSSR count). The van der Waals surface area contributed by atoms with Crippen molar-refractivity contribution in [1.82, 2.24) is 25.4 Å². The Morgan fingerprint density at radius 3 is 2.42 bits per heavy atom. The van der Waals surface area contributed by atoms with Crippen LogP contribution in [0.25, 0.3) is 11.0 Å². The molecule has 12 nitrogen and oxygen atoms in total. The van der Waals surface area contributed by atoms with Gasteiger partial charge in [0.2, 0.25) is 11.8 Å². The highest BCUT2D eigenvalue weighted by atomic mass is 32.3. The van der Waals surface area contributed by atoms with Crippen LogP contribution in [0, 0.1) is 6.92 Å². The standard InChI is InChI=1S/C23H35N7O5S/c1-5-30-22-20(14(2)28-30)21(27-15-6-8-36(33,34)9-7-15)16(13-26-22)17-10-23(35-29-17,11-18(31)24-3)12-19(32)25-4/h13,15,33-34H,5-12H2,1-4H3,(H,24,31)(H,25,32)(H,26,27). The quantitative estimate of drug-likeness (QED) is 0.353. The Balaban J connectivity index is 1.72. The second-order valence-electron chi connectivity index (χ2n) is 9.46. The number of amides is 2. The van der Waals surface area contributed by atoms with Gasteiger partial charge in [-0.1, -0.05) is 5.16 Å². The van der Waals surface area contributed by atoms with Crippen LogP contribution in [0.5, 0.6) is 0 Å². The minimum absolute atomic E-state index is 0.0182. The molecular formula is C23H35N7O5S. The predicted molar refractivity (Wildman–Crippen MR) is 140 cm³/mol. The molecule has 13 heteroatoms. The topological polar surface area (TPSA) is 163 Å². The van der Waals surface area contributed by atoms with E-state index in [1.807, 2.05) is 18.5 Å². The monoisotopic (exact) mass is 521 g/mol. The lowest BCUT2D eigenvalue weighted by molar-refractivity contribution is -0.133. The summed E-state index contributed by atoms with van der Waals surface area (Å²) >= 11 is 0. The van der Waals surface area contributed by atoms with Gasteiger partial charge in [-0.15, -0.1) is 0 Å². The van der Waals surface area contributed by atoms with Gasteiger partial charge >= 0.3 is 0 Å². The summed E-state index contributed by atoms with van der Waals surface area (Å²) < 4.78 is 22.0. The van der Waals surface area contributed by atoms with Crippen LogP contribution in [-0.4, -0.2) is 78.6 Å². The molecule has 0 aromatic carbocycles. The number of aromatic nitrogens is 3. The lowest BCUT2D eigenvalue weighted by atomic mass is 9.87. The van der Waals surface area contributed by atoms with Gasteiger partial charge in [0.05, 0.1) is 35.3 Å². The molecule has 1 fully saturated rings. The third-order valence-corrected chi connectivity index (χ3v) is 8.62. The molecule has 0 saturated carbocycles. The second-order valence-corrected chi connectivity index (χ2v) is 11.9. The van der Waals surface area contributed by atoms with Crippen molar-refractivity contribution >= 4 is 44.8 Å². The van der Waals surface area contributed by atoms with E-state index in [2.05, 4.69) is 31.2 Å². The predicted octanol–water partition coefficient (Wildman–Crippen LogP) is 2.22. The number of nitrogens with zero attached hydrogens (tertiary/aromatic N) is 4. The first-order chi connectivity index (χ1) is 17.1. The molecule has 0 atom stereocenters. The third kappa shape index (κ3) is 5.27. The number of fused-ring (bicyclic) bond motifs is 1. The van der Waals surface area contributed by atoms with Crippen LogP contribution >= 0.6 is 10.6 Å². The summed E-state index contributed by atoms with van der Waals surface area (Å²) in [7, 11) is 0.567. The van der Waals surface area contributed by atoms with Crippen molar-refractivity contribution in [3.63, 3.8) is 0 Å². The molecule has 0 aliphatic carbocycles. The third-order valence-electron chi connectivity index (χ3n) is 6.84. The Bertz CT molecular complexity index is 1170. The number of pyridine rings is 1. The Hall–Kier alpha value is -2.90. The van der Waals surface area contributed by atoms with Gasteiger partial charge < -0.3 is 20.8 Å². The number of hydrogen-bond acceptors (Lipinski definition) is 9. The minimum atomic E-state index is -2.52. The lowest BCUT2D eigenvalue weighted by Gasteiger charge is -2.39. The van der Waals surface area contributed by atoms with Crippen molar-refractivity contribution in [3.8, 4) is 0 Å². The number of anilines is 1. The SMILES string of the molecule is CCn1nc(C)c2c(NC3CCS(O)(O)CC3)c(C3=NOC(CC(=O)NC)(CC(=O)NC)C3)cnc21. The van der Waals surface area contributed by atoms with Crippen LogP contribution in [0.4, 0.5) is 5.69 Å². The highest BCUT2D eigenvalue weighted by molar-refractivity contribution is 8.24. The average molecular weight is 522 g/mol. The first kappa shape index (κ1) is 26.2. The van der Waals surface area contributed by atoms with Crippen molar-refractivity contribution < 1.29 is 23.5 Å². The van der Waals surface area contributed by atoms with Gasteiger partial charge in [0.25, 0.3) is 0 Å². The number of carbonyl (C=O) groups excluding carboxylic acids is 2. The fourth-order valence-electron chi connectivity index (χ4n) is 4.84. The zero-order valence-corrected chi connectivity index (χ0v) is 21.9. The Morgan fingerprint density at radius 1 is 1.19 bits per heavy atom. The number of rotatable bonds is 8. The van der Waals surface area contributed by atoms with Crippen LogP contribution in [0.2, 0.25) is 0 Å². The maximum absolute atomic E-state index is 12.3. The molecule has 2 aliphatic heterocycles. The molecule has 198 valence electrons. The first-order valence-corrected chi connectivity index (χ1v) is 14.0. The van der Waals surface area contributed by atoms with Gasteiger partial charge in [-0.05, 0) is 26.7 Å². The summed E-state index contributed by atoms with van der Waals surface area (Å²) in [6.07, 6.45) is 3.18. The number of aryl methyl sites for hydroxylation is 2. The molecule has 2 aliphatic rings. The fourth-order valence-corrected chi connectivity index (χ4v) is 6.37. The first-order valence-electron chi connectivity index (χ1n) is 12.1. The number of nitrogens with one attached hydrogen (secondary N) is 3. The summed E-state index contributed by atoms with van der Waals surface area (Å²) in [5, 5.41) is 18.7. The van der Waals surface area contributed by atoms with Crippen LogP contribution in [-0.2, 0) is 21.0 Å². The highest BCUT2D eigenvalue weighted by Gasteiger charge is 2.44. The normalized spacial score (nSPS) is 19.9. The second kappa shape index (κ2) is 10.2. The van der Waals surface area contributed by atoms with E-state index in [-0.39, 0.29) is 37.1 Å². The maximum Gasteiger partial charge on any atom is 0.223 e. The van der Waals surface area contributed by atoms with Crippen LogP contribution in [0.3, 0.4) is 0 Å². The summed E-state index contributed by atoms with van der Waals surface area (Å²) in [6, 6.07) is 0.0306. The van der Waals surface area contributed by atoms with Gasteiger partial charge in [0, 0.05) is 56.4 Å². The molecule has 2 amide bonds. The van der Waals surface area contributed by atoms with E-state index in [0.29, 0.717) is 42.2 Å². The molecule has 5 N–H and O–H groups in total. The maximum atomic E-state index is 12.3. The van der Waals surface area contributed by atoms with Gasteiger partial charge in [0.15, 0.2) is 11.2 Å². The van der Waals surface area contributed by atoms with Crippen molar-refractivity contribution in [2.24, 2.45) is 5.16 Å². The van der Waals surface area contributed by atoms with E-state index in [1.165, 1.54) is 0 Å². The molecule has 2 aromatic rings. The minimum Gasteiger partial charge on any atom is -0.387 e. The molecule has 0 unspecified atom stereocenters. The van der Waals surface area contributed by atoms with E-state index in [0.717, 1.165) is 22.4 Å². The average Bonchev–Trinajstić information content (AvgIpc) is 3.41. The molecule has 2 aromatic heterocycles. The van der Waals surface area contributed by atoms with Crippen molar-refractivity contribution in [2.75, 3.05) is 30.9 Å². The summed E-state index contributed by atoms with van der Waals surface area (Å²) in [5.41, 5.74) is 2.55. The Morgan fingerprint density at radius 2 is 1.83 bits per heavy atom. The molecule has 4 heterocycles. The largest absolute Gasteiger partial charge is 0.387 e. The summed E-state index contributed by atoms with van der Waals surface area (Å²) in [6.45, 7) is 4.59. The van der Waals surface area contributed by atoms with E-state index in [4.69, 9.17) is 4.84 Å².